The smallest absolute Gasteiger partial charge is 0.0366 e. The Balaban J connectivity index is 3.28. The molecule has 0 radical (unpaired) electrons. The van der Waals surface area contributed by atoms with E-state index in [1.807, 2.05) is 26.0 Å². The van der Waals surface area contributed by atoms with Crippen molar-refractivity contribution in [2.75, 3.05) is 17.8 Å². The van der Waals surface area contributed by atoms with Crippen LogP contribution >= 0.6 is 0 Å². The summed E-state index contributed by atoms with van der Waals surface area (Å²) in [7, 11) is 1.47. The van der Waals surface area contributed by atoms with Crippen molar-refractivity contribution in [3.05, 3.63) is 28.5 Å². The molecule has 1 aromatic carbocycles. The first-order valence-electron chi connectivity index (χ1n) is 3.80. The molecule has 0 amide bonds. The van der Waals surface area contributed by atoms with Crippen molar-refractivity contribution < 1.29 is 0 Å². The maximum Gasteiger partial charge on any atom is 0.0366 e. The summed E-state index contributed by atoms with van der Waals surface area (Å²) in [5.41, 5.74) is 8.87. The summed E-state index contributed by atoms with van der Waals surface area (Å²) in [4.78, 5) is 0. The summed E-state index contributed by atoms with van der Waals surface area (Å²) in [5.74, 6) is 0. The minimum absolute atomic E-state index is 0.646. The third kappa shape index (κ3) is 1.51. The highest BCUT2D eigenvalue weighted by Crippen LogP contribution is 2.25. The van der Waals surface area contributed by atoms with Crippen molar-refractivity contribution >= 4 is 11.4 Å². The third-order valence-corrected chi connectivity index (χ3v) is 1.90. The van der Waals surface area contributed by atoms with Crippen LogP contribution in [-0.4, -0.2) is 7.05 Å². The van der Waals surface area contributed by atoms with Crippen LogP contribution in [0, 0.1) is 19.1 Å². The predicted molar refractivity (Wildman–Crippen MR) is 52.1 cm³/mol. The van der Waals surface area contributed by atoms with Gasteiger partial charge in [-0.1, -0.05) is 0 Å². The molecule has 12 heavy (non-hydrogen) atoms. The summed E-state index contributed by atoms with van der Waals surface area (Å²) in [6.45, 7) is 3.77. The lowest BCUT2D eigenvalue weighted by Gasteiger charge is -2.27. The number of anilines is 2. The topological polar surface area (TPSA) is 52.3 Å². The number of hydrogen-bond acceptors (Lipinski definition) is 3. The van der Waals surface area contributed by atoms with Gasteiger partial charge in [-0.2, -0.15) is 0 Å². The van der Waals surface area contributed by atoms with Gasteiger partial charge in [0.2, 0.25) is 0 Å². The van der Waals surface area contributed by atoms with Crippen LogP contribution < -0.4 is 10.8 Å². The Morgan fingerprint density at radius 2 is 1.92 bits per heavy atom. The number of nitrogen functional groups attached to an aromatic ring is 1. The number of hydroxylamine groups is 1. The van der Waals surface area contributed by atoms with Crippen molar-refractivity contribution in [2.24, 2.45) is 0 Å². The van der Waals surface area contributed by atoms with E-state index in [2.05, 4.69) is 0 Å². The van der Waals surface area contributed by atoms with Crippen molar-refractivity contribution in [3.8, 4) is 0 Å². The molecule has 0 atom stereocenters. The molecule has 0 saturated carbocycles. The van der Waals surface area contributed by atoms with Gasteiger partial charge in [-0.25, -0.2) is 0 Å². The molecule has 2 N–H and O–H groups in total. The molecule has 0 fully saturated rings. The predicted octanol–water partition coefficient (Wildman–Crippen LogP) is 1.82. The van der Waals surface area contributed by atoms with Crippen LogP contribution in [0.4, 0.5) is 11.4 Å². The molecular formula is C9H13N2O-. The van der Waals surface area contributed by atoms with E-state index in [4.69, 9.17) is 5.73 Å². The van der Waals surface area contributed by atoms with Gasteiger partial charge in [0.1, 0.15) is 0 Å². The van der Waals surface area contributed by atoms with E-state index >= 15 is 0 Å². The van der Waals surface area contributed by atoms with E-state index in [9.17, 15) is 5.21 Å². The highest BCUT2D eigenvalue weighted by molar-refractivity contribution is 5.65. The molecule has 0 aromatic heterocycles. The second kappa shape index (κ2) is 3.03. The van der Waals surface area contributed by atoms with E-state index in [0.29, 0.717) is 11.4 Å². The second-order valence-electron chi connectivity index (χ2n) is 3.00. The fourth-order valence-electron chi connectivity index (χ4n) is 1.19. The zero-order chi connectivity index (χ0) is 9.30. The Hall–Kier alpha value is -1.22. The van der Waals surface area contributed by atoms with E-state index in [-0.39, 0.29) is 0 Å². The highest BCUT2D eigenvalue weighted by Gasteiger charge is 2.01. The summed E-state index contributed by atoms with van der Waals surface area (Å²) in [5, 5.41) is 11.9. The molecule has 0 saturated heterocycles. The molecule has 1 rings (SSSR count). The maximum absolute atomic E-state index is 11.0. The van der Waals surface area contributed by atoms with Crippen molar-refractivity contribution in [3.63, 3.8) is 0 Å². The Morgan fingerprint density at radius 3 is 2.42 bits per heavy atom. The number of benzene rings is 1. The van der Waals surface area contributed by atoms with Gasteiger partial charge in [-0.15, -0.1) is 0 Å². The van der Waals surface area contributed by atoms with E-state index in [0.717, 1.165) is 16.2 Å². The van der Waals surface area contributed by atoms with Gasteiger partial charge in [-0.3, -0.25) is 0 Å². The molecular weight excluding hydrogens is 152 g/mol. The van der Waals surface area contributed by atoms with Crippen LogP contribution in [0.15, 0.2) is 12.1 Å². The first-order valence-corrected chi connectivity index (χ1v) is 3.80. The van der Waals surface area contributed by atoms with E-state index in [1.54, 1.807) is 0 Å². The summed E-state index contributed by atoms with van der Waals surface area (Å²) in [6, 6.07) is 3.70. The number of nitrogens with two attached hydrogens (primary N) is 1. The van der Waals surface area contributed by atoms with Crippen molar-refractivity contribution in [1.29, 1.82) is 0 Å². The van der Waals surface area contributed by atoms with Gasteiger partial charge >= 0.3 is 0 Å². The monoisotopic (exact) mass is 165 g/mol. The lowest BCUT2D eigenvalue weighted by Crippen LogP contribution is -2.09. The second-order valence-corrected chi connectivity index (χ2v) is 3.00. The number of hydrogen-bond donors (Lipinski definition) is 1. The number of nitrogens with zero attached hydrogens (tertiary/aromatic N) is 1. The molecule has 0 aliphatic heterocycles. The molecule has 0 heterocycles. The Bertz CT molecular complexity index is 295. The van der Waals surface area contributed by atoms with Crippen LogP contribution in [0.2, 0.25) is 0 Å². The van der Waals surface area contributed by atoms with Gasteiger partial charge in [-0.05, 0) is 44.2 Å². The van der Waals surface area contributed by atoms with Gasteiger partial charge in [0.15, 0.2) is 0 Å². The molecule has 0 spiro atoms. The van der Waals surface area contributed by atoms with Crippen LogP contribution in [0.25, 0.3) is 0 Å². The van der Waals surface area contributed by atoms with Crippen LogP contribution in [-0.2, 0) is 0 Å². The van der Waals surface area contributed by atoms with Crippen LogP contribution in [0.5, 0.6) is 0 Å². The largest absolute Gasteiger partial charge is 0.758 e. The molecule has 0 bridgehead atoms. The molecule has 0 unspecified atom stereocenters. The lowest BCUT2D eigenvalue weighted by molar-refractivity contribution is 1.18. The molecule has 1 aromatic rings. The first-order chi connectivity index (χ1) is 5.52. The quantitative estimate of drug-likeness (QED) is 0.510. The molecule has 66 valence electrons. The lowest BCUT2D eigenvalue weighted by atomic mass is 10.1. The Morgan fingerprint density at radius 1 is 1.33 bits per heavy atom. The summed E-state index contributed by atoms with van der Waals surface area (Å²) < 4.78 is 0. The van der Waals surface area contributed by atoms with Gasteiger partial charge < -0.3 is 16.0 Å². The zero-order valence-electron chi connectivity index (χ0n) is 7.59. The van der Waals surface area contributed by atoms with Gasteiger partial charge in [0.25, 0.3) is 0 Å². The van der Waals surface area contributed by atoms with Gasteiger partial charge in [0, 0.05) is 11.4 Å². The maximum atomic E-state index is 11.0. The number of rotatable bonds is 1. The van der Waals surface area contributed by atoms with Gasteiger partial charge in [0.05, 0.1) is 0 Å². The third-order valence-electron chi connectivity index (χ3n) is 1.90. The first kappa shape index (κ1) is 8.87. The summed E-state index contributed by atoms with van der Waals surface area (Å²) in [6.07, 6.45) is 0. The Labute approximate surface area is 72.4 Å². The molecule has 0 aliphatic carbocycles. The fourth-order valence-corrected chi connectivity index (χ4v) is 1.19. The van der Waals surface area contributed by atoms with E-state index < -0.39 is 0 Å². The molecule has 0 aliphatic rings. The van der Waals surface area contributed by atoms with E-state index in [1.165, 1.54) is 7.05 Å². The average molecular weight is 165 g/mol. The fraction of sp³-hybridized carbons (Fsp3) is 0.333. The minimum atomic E-state index is 0.646. The molecule has 3 nitrogen and oxygen atoms in total. The molecule has 3 heteroatoms. The van der Waals surface area contributed by atoms with Crippen molar-refractivity contribution in [2.45, 2.75) is 13.8 Å². The average Bonchev–Trinajstić information content (AvgIpc) is 1.96. The summed E-state index contributed by atoms with van der Waals surface area (Å²) >= 11 is 0. The standard InChI is InChI=1S/C9H13N2O/c1-6-4-8(10)7(2)9(5-6)11(3)12/h4-5H,10H2,1-3H3/q-1. The van der Waals surface area contributed by atoms with Crippen LogP contribution in [0.1, 0.15) is 11.1 Å². The van der Waals surface area contributed by atoms with Crippen molar-refractivity contribution in [1.82, 2.24) is 0 Å². The normalized spacial score (nSPS) is 10.0. The minimum Gasteiger partial charge on any atom is -0.758 e. The van der Waals surface area contributed by atoms with Crippen LogP contribution in [0.3, 0.4) is 0 Å². The number of aryl methyl sites for hydroxylation is 1. The SMILES string of the molecule is Cc1cc(N)c(C)c(N(C)[O-])c1. The Kier molecular flexibility index (Phi) is 2.24. The zero-order valence-corrected chi connectivity index (χ0v) is 7.59. The highest BCUT2D eigenvalue weighted by atomic mass is 16.5.